The summed E-state index contributed by atoms with van der Waals surface area (Å²) in [6.07, 6.45) is 0. The standard InChI is InChI=1S/C4H7N/c1-3-4-5-2/h5H,1-2H3. The maximum Gasteiger partial charge on any atom is 0.0116 e. The van der Waals surface area contributed by atoms with Gasteiger partial charge in [-0.3, -0.25) is 0 Å². The Morgan fingerprint density at radius 1 is 1.60 bits per heavy atom. The van der Waals surface area contributed by atoms with Crippen molar-refractivity contribution in [3.05, 3.63) is 0 Å². The van der Waals surface area contributed by atoms with E-state index < -0.39 is 0 Å². The molecule has 0 amide bonds. The Morgan fingerprint density at radius 3 is 2.20 bits per heavy atom. The largest absolute Gasteiger partial charge is 0.349 e. The molecule has 0 rings (SSSR count). The van der Waals surface area contributed by atoms with E-state index in [4.69, 9.17) is 0 Å². The zero-order chi connectivity index (χ0) is 4.12. The van der Waals surface area contributed by atoms with Gasteiger partial charge in [-0.25, -0.2) is 0 Å². The van der Waals surface area contributed by atoms with Gasteiger partial charge in [-0.2, -0.15) is 0 Å². The van der Waals surface area contributed by atoms with E-state index in [1.54, 1.807) is 14.0 Å². The van der Waals surface area contributed by atoms with Gasteiger partial charge in [-0.1, -0.05) is 5.92 Å². The minimum absolute atomic E-state index is 1.79. The molecule has 0 bridgehead atoms. The van der Waals surface area contributed by atoms with Gasteiger partial charge in [0, 0.05) is 13.1 Å². The van der Waals surface area contributed by atoms with Crippen LogP contribution in [0.2, 0.25) is 0 Å². The SMILES string of the molecule is CC#CNC. The predicted molar refractivity (Wildman–Crippen MR) is 22.5 cm³/mol. The molecule has 0 heterocycles. The maximum atomic E-state index is 2.66. The van der Waals surface area contributed by atoms with Crippen LogP contribution < -0.4 is 5.32 Å². The lowest BCUT2D eigenvalue weighted by Gasteiger charge is -1.68. The molecule has 0 aromatic carbocycles. The molecule has 1 heteroatoms. The fourth-order valence-electron chi connectivity index (χ4n) is 0.125. The zero-order valence-corrected chi connectivity index (χ0v) is 3.50. The average Bonchev–Trinajstić information content (AvgIpc) is 1.41. The van der Waals surface area contributed by atoms with Gasteiger partial charge < -0.3 is 5.32 Å². The lowest BCUT2D eigenvalue weighted by atomic mass is 10.8. The van der Waals surface area contributed by atoms with E-state index in [1.165, 1.54) is 0 Å². The molecule has 0 aromatic heterocycles. The predicted octanol–water partition coefficient (Wildman–Crippen LogP) is 0.187. The van der Waals surface area contributed by atoms with Gasteiger partial charge in [0.05, 0.1) is 0 Å². The molecule has 0 saturated carbocycles. The molecule has 0 aromatic rings. The monoisotopic (exact) mass is 69.1 g/mol. The van der Waals surface area contributed by atoms with Crippen LogP contribution >= 0.6 is 0 Å². The fourth-order valence-corrected chi connectivity index (χ4v) is 0.125. The van der Waals surface area contributed by atoms with Crippen molar-refractivity contribution in [1.29, 1.82) is 0 Å². The van der Waals surface area contributed by atoms with Gasteiger partial charge in [0.25, 0.3) is 0 Å². The minimum Gasteiger partial charge on any atom is -0.349 e. The minimum atomic E-state index is 1.79. The molecule has 0 spiro atoms. The normalized spacial score (nSPS) is 4.40. The number of hydrogen-bond donors (Lipinski definition) is 1. The molecule has 1 N–H and O–H groups in total. The molecule has 0 unspecified atom stereocenters. The van der Waals surface area contributed by atoms with Crippen LogP contribution in [0.1, 0.15) is 6.92 Å². The quantitative estimate of drug-likeness (QED) is 0.316. The van der Waals surface area contributed by atoms with Crippen molar-refractivity contribution in [3.63, 3.8) is 0 Å². The van der Waals surface area contributed by atoms with Gasteiger partial charge in [-0.15, -0.1) is 0 Å². The van der Waals surface area contributed by atoms with E-state index in [9.17, 15) is 0 Å². The Hall–Kier alpha value is -0.640. The summed E-state index contributed by atoms with van der Waals surface area (Å²) in [5, 5.41) is 2.66. The Kier molecular flexibility index (Phi) is 2.93. The van der Waals surface area contributed by atoms with E-state index in [2.05, 4.69) is 17.3 Å². The van der Waals surface area contributed by atoms with Crippen LogP contribution in [0, 0.1) is 12.0 Å². The van der Waals surface area contributed by atoms with Crippen molar-refractivity contribution in [2.24, 2.45) is 0 Å². The van der Waals surface area contributed by atoms with E-state index in [0.29, 0.717) is 0 Å². The van der Waals surface area contributed by atoms with Gasteiger partial charge >= 0.3 is 0 Å². The van der Waals surface area contributed by atoms with E-state index in [-0.39, 0.29) is 0 Å². The maximum absolute atomic E-state index is 2.66. The summed E-state index contributed by atoms with van der Waals surface area (Å²) >= 11 is 0. The van der Waals surface area contributed by atoms with Gasteiger partial charge in [0.15, 0.2) is 0 Å². The third-order valence-corrected chi connectivity index (χ3v) is 0.250. The van der Waals surface area contributed by atoms with Crippen molar-refractivity contribution < 1.29 is 0 Å². The summed E-state index contributed by atoms with van der Waals surface area (Å²) in [6.45, 7) is 1.79. The highest BCUT2D eigenvalue weighted by Gasteiger charge is 1.40. The highest BCUT2D eigenvalue weighted by atomic mass is 14.8. The Morgan fingerprint density at radius 2 is 2.20 bits per heavy atom. The first-order chi connectivity index (χ1) is 2.41. The average molecular weight is 69.1 g/mol. The Labute approximate surface area is 32.4 Å². The molecule has 0 saturated heterocycles. The molecule has 0 aliphatic rings. The summed E-state index contributed by atoms with van der Waals surface area (Å²) < 4.78 is 0. The highest BCUT2D eigenvalue weighted by molar-refractivity contribution is 4.90. The molecule has 5 heavy (non-hydrogen) atoms. The molecule has 0 radical (unpaired) electrons. The summed E-state index contributed by atoms with van der Waals surface area (Å²) in [6, 6.07) is 2.61. The number of nitrogens with one attached hydrogen (secondary N) is 1. The van der Waals surface area contributed by atoms with Crippen LogP contribution in [-0.4, -0.2) is 7.05 Å². The molecule has 1 nitrogen and oxygen atoms in total. The molecule has 0 aliphatic heterocycles. The first-order valence-corrected chi connectivity index (χ1v) is 1.50. The van der Waals surface area contributed by atoms with Crippen molar-refractivity contribution in [3.8, 4) is 12.0 Å². The van der Waals surface area contributed by atoms with Crippen LogP contribution in [0.5, 0.6) is 0 Å². The van der Waals surface area contributed by atoms with Crippen molar-refractivity contribution in [2.75, 3.05) is 7.05 Å². The third kappa shape index (κ3) is 3.36. The molecular weight excluding hydrogens is 62.1 g/mol. The highest BCUT2D eigenvalue weighted by Crippen LogP contribution is 1.35. The van der Waals surface area contributed by atoms with E-state index in [1.807, 2.05) is 0 Å². The van der Waals surface area contributed by atoms with Crippen LogP contribution in [0.4, 0.5) is 0 Å². The van der Waals surface area contributed by atoms with Gasteiger partial charge in [0.1, 0.15) is 0 Å². The zero-order valence-electron chi connectivity index (χ0n) is 3.50. The molecular formula is C4H7N. The lowest BCUT2D eigenvalue weighted by molar-refractivity contribution is 1.16. The molecule has 0 atom stereocenters. The summed E-state index contributed by atoms with van der Waals surface area (Å²) in [5.74, 6) is 2.66. The summed E-state index contributed by atoms with van der Waals surface area (Å²) in [7, 11) is 1.79. The Bertz CT molecular complexity index is 55.8. The molecule has 0 aliphatic carbocycles. The topological polar surface area (TPSA) is 12.0 Å². The Balaban J connectivity index is 2.81. The van der Waals surface area contributed by atoms with Crippen molar-refractivity contribution in [2.45, 2.75) is 6.92 Å². The number of rotatable bonds is 0. The summed E-state index contributed by atoms with van der Waals surface area (Å²) in [5.41, 5.74) is 0. The second-order valence-corrected chi connectivity index (χ2v) is 0.625. The first kappa shape index (κ1) is 4.36. The third-order valence-electron chi connectivity index (χ3n) is 0.250. The van der Waals surface area contributed by atoms with Gasteiger partial charge in [-0.05, 0) is 6.92 Å². The fraction of sp³-hybridized carbons (Fsp3) is 0.500. The van der Waals surface area contributed by atoms with Crippen LogP contribution in [-0.2, 0) is 0 Å². The lowest BCUT2D eigenvalue weighted by Crippen LogP contribution is -1.90. The molecule has 28 valence electrons. The van der Waals surface area contributed by atoms with E-state index >= 15 is 0 Å². The smallest absolute Gasteiger partial charge is 0.0116 e. The first-order valence-electron chi connectivity index (χ1n) is 1.50. The second kappa shape index (κ2) is 3.36. The number of hydrogen-bond acceptors (Lipinski definition) is 1. The van der Waals surface area contributed by atoms with Crippen LogP contribution in [0.3, 0.4) is 0 Å². The van der Waals surface area contributed by atoms with Crippen LogP contribution in [0.25, 0.3) is 0 Å². The van der Waals surface area contributed by atoms with E-state index in [0.717, 1.165) is 0 Å². The van der Waals surface area contributed by atoms with Crippen molar-refractivity contribution in [1.82, 2.24) is 5.32 Å². The molecule has 0 fully saturated rings. The summed E-state index contributed by atoms with van der Waals surface area (Å²) in [4.78, 5) is 0. The second-order valence-electron chi connectivity index (χ2n) is 0.625. The van der Waals surface area contributed by atoms with Crippen LogP contribution in [0.15, 0.2) is 0 Å². The van der Waals surface area contributed by atoms with Crippen molar-refractivity contribution >= 4 is 0 Å². The van der Waals surface area contributed by atoms with Gasteiger partial charge in [0.2, 0.25) is 0 Å².